The SMILES string of the molecule is O=C1CCC(N2Cc3c(C#CCOCCOCCOCCOCCOCCOCCO)cccc3C2=O)C(=O)N1. The van der Waals surface area contributed by atoms with Crippen molar-refractivity contribution in [3.05, 3.63) is 34.9 Å². The molecule has 1 fully saturated rings. The molecule has 2 N–H and O–H groups in total. The Balaban J connectivity index is 1.20. The summed E-state index contributed by atoms with van der Waals surface area (Å²) in [5.74, 6) is 5.06. The molecule has 1 saturated heterocycles. The monoisotopic (exact) mass is 562 g/mol. The third-order valence-electron chi connectivity index (χ3n) is 6.08. The summed E-state index contributed by atoms with van der Waals surface area (Å²) >= 11 is 0. The van der Waals surface area contributed by atoms with Gasteiger partial charge in [0, 0.05) is 24.1 Å². The van der Waals surface area contributed by atoms with E-state index < -0.39 is 11.9 Å². The van der Waals surface area contributed by atoms with Crippen LogP contribution in [0.4, 0.5) is 0 Å². The first-order valence-electron chi connectivity index (χ1n) is 13.4. The Hall–Kier alpha value is -2.89. The van der Waals surface area contributed by atoms with Crippen LogP contribution < -0.4 is 5.32 Å². The van der Waals surface area contributed by atoms with Gasteiger partial charge in [-0.1, -0.05) is 17.9 Å². The fourth-order valence-corrected chi connectivity index (χ4v) is 4.12. The van der Waals surface area contributed by atoms with Crippen LogP contribution in [0.5, 0.6) is 0 Å². The predicted molar refractivity (Wildman–Crippen MR) is 141 cm³/mol. The minimum atomic E-state index is -0.652. The maximum absolute atomic E-state index is 12.9. The smallest absolute Gasteiger partial charge is 0.255 e. The minimum absolute atomic E-state index is 0.0115. The standard InChI is InChI=1S/C28H38N2O10/c31-8-10-36-12-14-38-16-18-40-20-19-39-17-15-37-13-11-35-9-2-4-22-3-1-5-23-24(22)21-30(28(23)34)25-6-7-26(32)29-27(25)33/h1,3,5,25,31H,6-21H2,(H,29,32,33). The number of ether oxygens (including phenoxy) is 6. The third-order valence-corrected chi connectivity index (χ3v) is 6.08. The van der Waals surface area contributed by atoms with Crippen LogP contribution in [-0.4, -0.2) is 120 Å². The second-order valence-corrected chi connectivity index (χ2v) is 8.87. The van der Waals surface area contributed by atoms with Gasteiger partial charge in [-0.3, -0.25) is 19.7 Å². The number of aliphatic hydroxyl groups is 1. The summed E-state index contributed by atoms with van der Waals surface area (Å²) in [6.07, 6.45) is 0.538. The molecule has 1 atom stereocenters. The number of fused-ring (bicyclic) bond motifs is 1. The van der Waals surface area contributed by atoms with Crippen molar-refractivity contribution >= 4 is 17.7 Å². The Morgan fingerprint density at radius 1 is 0.825 bits per heavy atom. The van der Waals surface area contributed by atoms with E-state index in [1.807, 2.05) is 6.07 Å². The van der Waals surface area contributed by atoms with Crippen molar-refractivity contribution in [2.45, 2.75) is 25.4 Å². The van der Waals surface area contributed by atoms with Gasteiger partial charge in [0.15, 0.2) is 0 Å². The number of carbonyl (C=O) groups is 3. The van der Waals surface area contributed by atoms with E-state index in [-0.39, 0.29) is 38.0 Å². The summed E-state index contributed by atoms with van der Waals surface area (Å²) < 4.78 is 32.2. The van der Waals surface area contributed by atoms with Crippen molar-refractivity contribution < 1.29 is 47.9 Å². The molecule has 1 aromatic carbocycles. The highest BCUT2D eigenvalue weighted by molar-refractivity contribution is 6.05. The second-order valence-electron chi connectivity index (χ2n) is 8.87. The van der Waals surface area contributed by atoms with E-state index >= 15 is 0 Å². The molecule has 2 aliphatic rings. The molecular formula is C28H38N2O10. The van der Waals surface area contributed by atoms with Crippen LogP contribution in [0.3, 0.4) is 0 Å². The molecule has 3 amide bonds. The average molecular weight is 563 g/mol. The molecule has 3 rings (SSSR count). The van der Waals surface area contributed by atoms with Crippen molar-refractivity contribution in [2.75, 3.05) is 85.9 Å². The zero-order valence-electron chi connectivity index (χ0n) is 22.7. The lowest BCUT2D eigenvalue weighted by molar-refractivity contribution is -0.136. The molecule has 40 heavy (non-hydrogen) atoms. The fourth-order valence-electron chi connectivity index (χ4n) is 4.12. The van der Waals surface area contributed by atoms with Crippen LogP contribution in [0.1, 0.15) is 34.3 Å². The minimum Gasteiger partial charge on any atom is -0.394 e. The van der Waals surface area contributed by atoms with Crippen LogP contribution >= 0.6 is 0 Å². The molecule has 0 saturated carbocycles. The number of piperidine rings is 1. The van der Waals surface area contributed by atoms with Gasteiger partial charge in [-0.2, -0.15) is 0 Å². The molecule has 0 bridgehead atoms. The number of hydrogen-bond donors (Lipinski definition) is 2. The Bertz CT molecular complexity index is 1020. The van der Waals surface area contributed by atoms with Gasteiger partial charge >= 0.3 is 0 Å². The van der Waals surface area contributed by atoms with Crippen molar-refractivity contribution in [2.24, 2.45) is 0 Å². The highest BCUT2D eigenvalue weighted by Crippen LogP contribution is 2.29. The Labute approximate surface area is 234 Å². The van der Waals surface area contributed by atoms with E-state index in [0.717, 1.165) is 11.1 Å². The van der Waals surface area contributed by atoms with Crippen LogP contribution in [0.25, 0.3) is 0 Å². The summed E-state index contributed by atoms with van der Waals surface area (Å²) in [7, 11) is 0. The number of nitrogens with zero attached hydrogens (tertiary/aromatic N) is 1. The number of rotatable bonds is 19. The lowest BCUT2D eigenvalue weighted by Crippen LogP contribution is -2.52. The molecule has 2 aliphatic heterocycles. The zero-order valence-corrected chi connectivity index (χ0v) is 22.7. The summed E-state index contributed by atoms with van der Waals surface area (Å²) in [6, 6.07) is 4.69. The Morgan fingerprint density at radius 2 is 1.40 bits per heavy atom. The van der Waals surface area contributed by atoms with Gasteiger partial charge in [-0.25, -0.2) is 0 Å². The van der Waals surface area contributed by atoms with Gasteiger partial charge in [-0.05, 0) is 24.1 Å². The van der Waals surface area contributed by atoms with Crippen LogP contribution in [-0.2, 0) is 44.6 Å². The first-order chi connectivity index (χ1) is 19.6. The molecule has 0 aliphatic carbocycles. The molecule has 0 radical (unpaired) electrons. The van der Waals surface area contributed by atoms with Crippen LogP contribution in [0, 0.1) is 11.8 Å². The van der Waals surface area contributed by atoms with E-state index in [0.29, 0.717) is 84.7 Å². The van der Waals surface area contributed by atoms with Gasteiger partial charge in [0.2, 0.25) is 11.8 Å². The van der Waals surface area contributed by atoms with Crippen molar-refractivity contribution in [3.63, 3.8) is 0 Å². The molecule has 1 aromatic rings. The lowest BCUT2D eigenvalue weighted by atomic mass is 10.0. The molecular weight excluding hydrogens is 524 g/mol. The first kappa shape index (κ1) is 31.6. The molecule has 1 unspecified atom stereocenters. The van der Waals surface area contributed by atoms with Crippen LogP contribution in [0.15, 0.2) is 18.2 Å². The summed E-state index contributed by atoms with van der Waals surface area (Å²) in [6.45, 7) is 5.35. The summed E-state index contributed by atoms with van der Waals surface area (Å²) in [5.41, 5.74) is 2.04. The first-order valence-corrected chi connectivity index (χ1v) is 13.4. The lowest BCUT2D eigenvalue weighted by Gasteiger charge is -2.29. The quantitative estimate of drug-likeness (QED) is 0.133. The highest BCUT2D eigenvalue weighted by Gasteiger charge is 2.39. The number of amides is 3. The normalized spacial score (nSPS) is 16.6. The number of nitrogens with one attached hydrogen (secondary N) is 1. The van der Waals surface area contributed by atoms with Gasteiger partial charge in [-0.15, -0.1) is 0 Å². The number of aliphatic hydroxyl groups excluding tert-OH is 1. The Kier molecular flexibility index (Phi) is 14.6. The fraction of sp³-hybridized carbons (Fsp3) is 0.607. The molecule has 2 heterocycles. The van der Waals surface area contributed by atoms with Gasteiger partial charge in [0.05, 0.1) is 79.3 Å². The molecule has 220 valence electrons. The largest absolute Gasteiger partial charge is 0.394 e. The second kappa shape index (κ2) is 18.5. The molecule has 0 spiro atoms. The molecule has 12 heteroatoms. The maximum atomic E-state index is 12.9. The average Bonchev–Trinajstić information content (AvgIpc) is 3.28. The predicted octanol–water partition coefficient (Wildman–Crippen LogP) is -0.109. The van der Waals surface area contributed by atoms with Gasteiger partial charge < -0.3 is 38.4 Å². The van der Waals surface area contributed by atoms with Crippen LogP contribution in [0.2, 0.25) is 0 Å². The number of carbonyl (C=O) groups excluding carboxylic acids is 3. The maximum Gasteiger partial charge on any atom is 0.255 e. The summed E-state index contributed by atoms with van der Waals surface area (Å²) in [5, 5.41) is 10.9. The van der Waals surface area contributed by atoms with E-state index in [1.54, 1.807) is 12.1 Å². The van der Waals surface area contributed by atoms with Crippen molar-refractivity contribution in [3.8, 4) is 11.8 Å². The van der Waals surface area contributed by atoms with Crippen molar-refractivity contribution in [1.29, 1.82) is 0 Å². The van der Waals surface area contributed by atoms with E-state index in [2.05, 4.69) is 17.2 Å². The topological polar surface area (TPSA) is 142 Å². The zero-order chi connectivity index (χ0) is 28.4. The van der Waals surface area contributed by atoms with Gasteiger partial charge in [0.25, 0.3) is 5.91 Å². The molecule has 0 aromatic heterocycles. The summed E-state index contributed by atoms with van der Waals surface area (Å²) in [4.78, 5) is 38.1. The van der Waals surface area contributed by atoms with E-state index in [1.165, 1.54) is 4.90 Å². The highest BCUT2D eigenvalue weighted by atomic mass is 16.6. The van der Waals surface area contributed by atoms with Gasteiger partial charge in [0.1, 0.15) is 12.6 Å². The Morgan fingerprint density at radius 3 is 1.98 bits per heavy atom. The molecule has 12 nitrogen and oxygen atoms in total. The number of benzene rings is 1. The number of imide groups is 1. The van der Waals surface area contributed by atoms with E-state index in [9.17, 15) is 14.4 Å². The number of hydrogen-bond acceptors (Lipinski definition) is 10. The van der Waals surface area contributed by atoms with Crippen molar-refractivity contribution in [1.82, 2.24) is 10.2 Å². The third kappa shape index (κ3) is 10.6. The van der Waals surface area contributed by atoms with E-state index in [4.69, 9.17) is 33.5 Å².